The molecule has 0 radical (unpaired) electrons. The highest BCUT2D eigenvalue weighted by molar-refractivity contribution is 5.35. The summed E-state index contributed by atoms with van der Waals surface area (Å²) in [4.78, 5) is 0. The fourth-order valence-corrected chi connectivity index (χ4v) is 0.535. The van der Waals surface area contributed by atoms with Gasteiger partial charge in [0.05, 0.1) is 18.1 Å². The first-order valence-electron chi connectivity index (χ1n) is 2.80. The molecule has 1 rings (SSSR count). The lowest BCUT2D eigenvalue weighted by atomic mass is 10.5. The van der Waals surface area contributed by atoms with Gasteiger partial charge >= 0.3 is 0 Å². The van der Waals surface area contributed by atoms with E-state index in [9.17, 15) is 0 Å². The molecule has 9 heavy (non-hydrogen) atoms. The van der Waals surface area contributed by atoms with Crippen LogP contribution in [0.5, 0.6) is 0 Å². The first-order valence-corrected chi connectivity index (χ1v) is 2.80. The Labute approximate surface area is 53.3 Å². The lowest BCUT2D eigenvalue weighted by Crippen LogP contribution is -1.98. The van der Waals surface area contributed by atoms with Crippen molar-refractivity contribution in [2.24, 2.45) is 0 Å². The number of anilines is 1. The topological polar surface area (TPSA) is 50.7 Å². The predicted octanol–water partition coefficient (Wildman–Crippen LogP) is 0.303. The van der Waals surface area contributed by atoms with E-state index in [0.29, 0.717) is 0 Å². The van der Waals surface area contributed by atoms with Crippen LogP contribution < -0.4 is 5.32 Å². The van der Waals surface area contributed by atoms with E-state index in [4.69, 9.17) is 0 Å². The molecule has 1 aromatic heterocycles. The summed E-state index contributed by atoms with van der Waals surface area (Å²) < 4.78 is 0. The predicted molar refractivity (Wildman–Crippen MR) is 34.0 cm³/mol. The highest BCUT2D eigenvalue weighted by Crippen LogP contribution is 1.96. The van der Waals surface area contributed by atoms with Crippen LogP contribution in [-0.2, 0) is 0 Å². The first kappa shape index (κ1) is 5.94. The van der Waals surface area contributed by atoms with E-state index in [1.54, 1.807) is 12.4 Å². The Morgan fingerprint density at radius 3 is 2.67 bits per heavy atom. The Hall–Kier alpha value is -1.19. The third-order valence-electron chi connectivity index (χ3n) is 0.878. The number of aromatic nitrogens is 3. The van der Waals surface area contributed by atoms with Crippen LogP contribution in [0.15, 0.2) is 12.4 Å². The summed E-state index contributed by atoms with van der Waals surface area (Å²) in [5.41, 5.74) is 0.910. The van der Waals surface area contributed by atoms with E-state index in [-0.39, 0.29) is 0 Å². The summed E-state index contributed by atoms with van der Waals surface area (Å²) in [6.07, 6.45) is 3.27. The van der Waals surface area contributed by atoms with E-state index in [0.717, 1.165) is 12.2 Å². The second-order valence-electron chi connectivity index (χ2n) is 1.56. The number of rotatable bonds is 2. The lowest BCUT2D eigenvalue weighted by Gasteiger charge is -1.96. The Kier molecular flexibility index (Phi) is 1.95. The minimum atomic E-state index is 0.882. The van der Waals surface area contributed by atoms with Crippen LogP contribution in [0.25, 0.3) is 0 Å². The molecule has 0 bridgehead atoms. The van der Waals surface area contributed by atoms with Crippen LogP contribution in [0, 0.1) is 0 Å². The van der Waals surface area contributed by atoms with Crippen molar-refractivity contribution in [2.45, 2.75) is 6.92 Å². The van der Waals surface area contributed by atoms with Crippen molar-refractivity contribution in [3.63, 3.8) is 0 Å². The molecule has 1 aromatic rings. The highest BCUT2D eigenvalue weighted by atomic mass is 15.3. The third-order valence-corrected chi connectivity index (χ3v) is 0.878. The largest absolute Gasteiger partial charge is 0.383 e. The summed E-state index contributed by atoms with van der Waals surface area (Å²) in [7, 11) is 0. The molecular weight excluding hydrogens is 116 g/mol. The van der Waals surface area contributed by atoms with Gasteiger partial charge in [0.15, 0.2) is 0 Å². The number of hydrogen-bond acceptors (Lipinski definition) is 4. The van der Waals surface area contributed by atoms with Gasteiger partial charge in [-0.25, -0.2) is 0 Å². The maximum absolute atomic E-state index is 3.58. The van der Waals surface area contributed by atoms with Gasteiger partial charge in [0, 0.05) is 6.54 Å². The maximum Gasteiger partial charge on any atom is 0.0762 e. The molecule has 0 aliphatic heterocycles. The summed E-state index contributed by atoms with van der Waals surface area (Å²) in [6, 6.07) is 0. The molecule has 0 aromatic carbocycles. The summed E-state index contributed by atoms with van der Waals surface area (Å²) >= 11 is 0. The fraction of sp³-hybridized carbons (Fsp3) is 0.400. The van der Waals surface area contributed by atoms with Crippen molar-refractivity contribution in [2.75, 3.05) is 11.9 Å². The molecule has 0 unspecified atom stereocenters. The monoisotopic (exact) mass is 124 g/mol. The van der Waals surface area contributed by atoms with Crippen LogP contribution in [0.1, 0.15) is 6.92 Å². The van der Waals surface area contributed by atoms with Crippen molar-refractivity contribution in [3.8, 4) is 0 Å². The Balaban J connectivity index is 2.61. The summed E-state index contributed by atoms with van der Waals surface area (Å²) in [5, 5.41) is 13.6. The van der Waals surface area contributed by atoms with Gasteiger partial charge in [-0.3, -0.25) is 0 Å². The molecule has 4 nitrogen and oxygen atoms in total. The van der Waals surface area contributed by atoms with Gasteiger partial charge in [-0.15, -0.1) is 10.2 Å². The van der Waals surface area contributed by atoms with Crippen LogP contribution >= 0.6 is 0 Å². The average Bonchev–Trinajstić information content (AvgIpc) is 1.91. The van der Waals surface area contributed by atoms with E-state index in [2.05, 4.69) is 20.7 Å². The molecular formula is C5H8N4. The van der Waals surface area contributed by atoms with Crippen LogP contribution in [0.4, 0.5) is 5.69 Å². The molecule has 1 N–H and O–H groups in total. The SMILES string of the molecule is CCNc1cnnnc1. The normalized spacial score (nSPS) is 9.00. The highest BCUT2D eigenvalue weighted by Gasteiger charge is 1.84. The quantitative estimate of drug-likeness (QED) is 0.616. The number of nitrogens with one attached hydrogen (secondary N) is 1. The van der Waals surface area contributed by atoms with E-state index < -0.39 is 0 Å². The average molecular weight is 124 g/mol. The van der Waals surface area contributed by atoms with E-state index in [1.165, 1.54) is 0 Å². The van der Waals surface area contributed by atoms with Gasteiger partial charge in [0.25, 0.3) is 0 Å². The summed E-state index contributed by atoms with van der Waals surface area (Å²) in [5.74, 6) is 0. The second kappa shape index (κ2) is 2.96. The van der Waals surface area contributed by atoms with Gasteiger partial charge in [0.2, 0.25) is 0 Å². The second-order valence-corrected chi connectivity index (χ2v) is 1.56. The number of hydrogen-bond donors (Lipinski definition) is 1. The molecule has 0 aliphatic rings. The van der Waals surface area contributed by atoms with Gasteiger partial charge in [-0.05, 0) is 12.1 Å². The molecule has 0 atom stereocenters. The van der Waals surface area contributed by atoms with Crippen molar-refractivity contribution < 1.29 is 0 Å². The van der Waals surface area contributed by atoms with Gasteiger partial charge in [0.1, 0.15) is 0 Å². The van der Waals surface area contributed by atoms with Crippen molar-refractivity contribution in [1.29, 1.82) is 0 Å². The molecule has 48 valence electrons. The smallest absolute Gasteiger partial charge is 0.0762 e. The maximum atomic E-state index is 3.58. The van der Waals surface area contributed by atoms with Crippen molar-refractivity contribution in [1.82, 2.24) is 15.4 Å². The lowest BCUT2D eigenvalue weighted by molar-refractivity contribution is 0.864. The van der Waals surface area contributed by atoms with Crippen molar-refractivity contribution in [3.05, 3.63) is 12.4 Å². The molecule has 0 fully saturated rings. The number of nitrogens with zero attached hydrogens (tertiary/aromatic N) is 3. The van der Waals surface area contributed by atoms with Crippen molar-refractivity contribution >= 4 is 5.69 Å². The summed E-state index contributed by atoms with van der Waals surface area (Å²) in [6.45, 7) is 2.90. The fourth-order valence-electron chi connectivity index (χ4n) is 0.535. The van der Waals surface area contributed by atoms with Gasteiger partial charge in [-0.2, -0.15) is 0 Å². The molecule has 1 heterocycles. The molecule has 0 amide bonds. The first-order chi connectivity index (χ1) is 4.43. The Morgan fingerprint density at radius 2 is 2.11 bits per heavy atom. The van der Waals surface area contributed by atoms with E-state index in [1.807, 2.05) is 6.92 Å². The van der Waals surface area contributed by atoms with Gasteiger partial charge < -0.3 is 5.32 Å². The zero-order valence-corrected chi connectivity index (χ0v) is 5.20. The Bertz CT molecular complexity index is 162. The van der Waals surface area contributed by atoms with Crippen LogP contribution in [-0.4, -0.2) is 22.0 Å². The van der Waals surface area contributed by atoms with Crippen LogP contribution in [0.2, 0.25) is 0 Å². The van der Waals surface area contributed by atoms with Crippen LogP contribution in [0.3, 0.4) is 0 Å². The van der Waals surface area contributed by atoms with Gasteiger partial charge in [-0.1, -0.05) is 0 Å². The zero-order valence-electron chi connectivity index (χ0n) is 5.20. The third kappa shape index (κ3) is 1.64. The molecule has 0 saturated carbocycles. The minimum absolute atomic E-state index is 0.882. The Morgan fingerprint density at radius 1 is 1.44 bits per heavy atom. The zero-order chi connectivity index (χ0) is 6.53. The van der Waals surface area contributed by atoms with E-state index >= 15 is 0 Å². The molecule has 0 aliphatic carbocycles. The molecule has 4 heteroatoms. The minimum Gasteiger partial charge on any atom is -0.383 e. The standard InChI is InChI=1S/C5H8N4/c1-2-6-5-3-7-9-8-4-5/h3-4H,2H2,1H3,(H,6,9). The molecule has 0 saturated heterocycles. The molecule has 0 spiro atoms.